The number of aryl methyl sites for hydroxylation is 1. The van der Waals surface area contributed by atoms with Crippen LogP contribution in [0.3, 0.4) is 0 Å². The second-order valence-corrected chi connectivity index (χ2v) is 16.5. The molecule has 0 unspecified atom stereocenters. The van der Waals surface area contributed by atoms with Gasteiger partial charge in [-0.1, -0.05) is 19.9 Å². The van der Waals surface area contributed by atoms with Gasteiger partial charge in [0.1, 0.15) is 34.7 Å². The molecule has 260 valence electrons. The number of alkyl carbamates (subject to hydrolysis) is 1. The van der Waals surface area contributed by atoms with Crippen molar-refractivity contribution >= 4 is 25.1 Å². The summed E-state index contributed by atoms with van der Waals surface area (Å²) in [6, 6.07) is 2.62. The molecule has 47 heavy (non-hydrogen) atoms. The third-order valence-corrected chi connectivity index (χ3v) is 10.4. The third-order valence-electron chi connectivity index (χ3n) is 10.4. The number of aliphatic hydroxyl groups is 1. The fraction of sp³-hybridized carbons (Fsp3) is 0.743. The van der Waals surface area contributed by atoms with E-state index in [9.17, 15) is 19.5 Å². The molecule has 2 heterocycles. The van der Waals surface area contributed by atoms with Crippen molar-refractivity contribution in [2.45, 2.75) is 130 Å². The maximum atomic E-state index is 13.5. The van der Waals surface area contributed by atoms with E-state index in [1.807, 2.05) is 33.8 Å². The molecule has 1 aromatic rings. The van der Waals surface area contributed by atoms with Crippen LogP contribution in [0.1, 0.15) is 96.6 Å². The zero-order valence-electron chi connectivity index (χ0n) is 29.7. The number of hydrogen-bond acceptors (Lipinski definition) is 9. The largest absolute Gasteiger partial charge is 0.486 e. The van der Waals surface area contributed by atoms with E-state index < -0.39 is 41.8 Å². The van der Waals surface area contributed by atoms with Gasteiger partial charge >= 0.3 is 19.2 Å². The number of nitrogens with zero attached hydrogens (tertiary/aromatic N) is 1. The number of hydrogen-bond donors (Lipinski definition) is 2. The van der Waals surface area contributed by atoms with Gasteiger partial charge in [0.2, 0.25) is 5.91 Å². The van der Waals surface area contributed by atoms with Crippen molar-refractivity contribution < 1.29 is 43.0 Å². The fourth-order valence-electron chi connectivity index (χ4n) is 7.76. The summed E-state index contributed by atoms with van der Waals surface area (Å²) in [5.41, 5.74) is 0.685. The monoisotopic (exact) mass is 656 g/mol. The SMILES string of the molecule is Cc1c(CCB2O[C@@H]3C[C@@H]4C[C@@H](C4(C)C)[C@]3(C)O2)ccc(OC2CN(C(=O)[C@H](CO)NC(=O)OC(C)(C)C)C2)c1C(=O)OC(C)(C)C. The number of rotatable bonds is 9. The first kappa shape index (κ1) is 35.5. The molecule has 12 heteroatoms. The molecule has 2 bridgehead atoms. The standard InChI is InChI=1S/C35H53BN2O9/c1-20-21(13-14-36-46-27-16-22-15-26(34(22,8)9)35(27,10)47-36)11-12-25(28(20)30(41)44-32(2,3)4)43-23-17-38(18-23)29(40)24(19-39)37-31(42)45-33(5,6)7/h11-12,22-24,26-27,39H,13-19H2,1-10H3,(H,37,42)/t22-,24-,26-,27+,35-/m0/s1. The molecule has 3 aliphatic carbocycles. The van der Waals surface area contributed by atoms with Crippen molar-refractivity contribution in [2.24, 2.45) is 17.3 Å². The van der Waals surface area contributed by atoms with Gasteiger partial charge in [0.05, 0.1) is 31.4 Å². The van der Waals surface area contributed by atoms with Gasteiger partial charge in [-0.05, 0) is 115 Å². The lowest BCUT2D eigenvalue weighted by atomic mass is 9.43. The van der Waals surface area contributed by atoms with Gasteiger partial charge in [-0.2, -0.15) is 0 Å². The summed E-state index contributed by atoms with van der Waals surface area (Å²) in [6.07, 6.45) is 2.52. The van der Waals surface area contributed by atoms with Crippen molar-refractivity contribution in [3.63, 3.8) is 0 Å². The van der Waals surface area contributed by atoms with Crippen LogP contribution in [0.15, 0.2) is 12.1 Å². The van der Waals surface area contributed by atoms with E-state index in [0.29, 0.717) is 35.9 Å². The minimum Gasteiger partial charge on any atom is -0.486 e. The van der Waals surface area contributed by atoms with Crippen LogP contribution in [0.2, 0.25) is 6.32 Å². The second-order valence-electron chi connectivity index (χ2n) is 16.5. The first-order chi connectivity index (χ1) is 21.7. The highest BCUT2D eigenvalue weighted by molar-refractivity contribution is 6.45. The number of carbonyl (C=O) groups excluding carboxylic acids is 3. The fourth-order valence-corrected chi connectivity index (χ4v) is 7.76. The van der Waals surface area contributed by atoms with Crippen molar-refractivity contribution in [1.29, 1.82) is 0 Å². The van der Waals surface area contributed by atoms with Crippen molar-refractivity contribution in [2.75, 3.05) is 19.7 Å². The Morgan fingerprint density at radius 1 is 1.06 bits per heavy atom. The van der Waals surface area contributed by atoms with E-state index in [1.165, 1.54) is 11.3 Å². The van der Waals surface area contributed by atoms with Crippen LogP contribution in [-0.2, 0) is 30.0 Å². The average Bonchev–Trinajstić information content (AvgIpc) is 3.26. The number of nitrogens with one attached hydrogen (secondary N) is 1. The van der Waals surface area contributed by atoms with Crippen LogP contribution in [0.25, 0.3) is 0 Å². The van der Waals surface area contributed by atoms with Crippen molar-refractivity contribution in [1.82, 2.24) is 10.2 Å². The lowest BCUT2D eigenvalue weighted by Gasteiger charge is -2.64. The van der Waals surface area contributed by atoms with E-state index in [4.69, 9.17) is 23.5 Å². The van der Waals surface area contributed by atoms with Crippen LogP contribution in [0.5, 0.6) is 5.75 Å². The minimum absolute atomic E-state index is 0.119. The van der Waals surface area contributed by atoms with Gasteiger partial charge in [0.15, 0.2) is 0 Å². The molecule has 2 amide bonds. The van der Waals surface area contributed by atoms with Crippen LogP contribution in [0.4, 0.5) is 4.79 Å². The summed E-state index contributed by atoms with van der Waals surface area (Å²) in [5, 5.41) is 12.2. The van der Waals surface area contributed by atoms with Crippen molar-refractivity contribution in [3.8, 4) is 5.75 Å². The molecule has 1 aromatic carbocycles. The molecule has 3 saturated carbocycles. The lowest BCUT2D eigenvalue weighted by Crippen LogP contribution is -2.65. The van der Waals surface area contributed by atoms with Gasteiger partial charge in [0, 0.05) is 0 Å². The summed E-state index contributed by atoms with van der Waals surface area (Å²) in [4.78, 5) is 40.1. The summed E-state index contributed by atoms with van der Waals surface area (Å²) < 4.78 is 30.3. The van der Waals surface area contributed by atoms with Crippen molar-refractivity contribution in [3.05, 3.63) is 28.8 Å². The molecule has 5 aliphatic rings. The topological polar surface area (TPSA) is 133 Å². The zero-order chi connectivity index (χ0) is 34.7. The Hall–Kier alpha value is -2.83. The number of carbonyl (C=O) groups is 3. The molecule has 2 aliphatic heterocycles. The number of ether oxygens (including phenoxy) is 3. The van der Waals surface area contributed by atoms with Crippen LogP contribution >= 0.6 is 0 Å². The van der Waals surface area contributed by atoms with Gasteiger partial charge in [0.25, 0.3) is 0 Å². The molecule has 0 aromatic heterocycles. The van der Waals surface area contributed by atoms with E-state index in [2.05, 4.69) is 26.1 Å². The van der Waals surface area contributed by atoms with E-state index >= 15 is 0 Å². The smallest absolute Gasteiger partial charge is 0.457 e. The molecular formula is C35H53BN2O9. The van der Waals surface area contributed by atoms with Gasteiger partial charge in [-0.15, -0.1) is 0 Å². The Morgan fingerprint density at radius 2 is 1.72 bits per heavy atom. The average molecular weight is 657 g/mol. The molecule has 2 saturated heterocycles. The summed E-state index contributed by atoms with van der Waals surface area (Å²) in [5.74, 6) is 0.647. The second kappa shape index (κ2) is 12.6. The highest BCUT2D eigenvalue weighted by atomic mass is 16.7. The first-order valence-electron chi connectivity index (χ1n) is 17.0. The number of esters is 1. The molecule has 6 rings (SSSR count). The third kappa shape index (κ3) is 7.29. The molecule has 5 atom stereocenters. The summed E-state index contributed by atoms with van der Waals surface area (Å²) in [6.45, 7) is 19.3. The molecule has 0 spiro atoms. The quantitative estimate of drug-likeness (QED) is 0.287. The predicted molar refractivity (Wildman–Crippen MR) is 176 cm³/mol. The Labute approximate surface area is 279 Å². The first-order valence-corrected chi connectivity index (χ1v) is 17.0. The van der Waals surface area contributed by atoms with Crippen LogP contribution in [-0.4, -0.2) is 89.8 Å². The normalized spacial score (nSPS) is 27.3. The van der Waals surface area contributed by atoms with Gasteiger partial charge < -0.3 is 38.8 Å². The maximum Gasteiger partial charge on any atom is 0.457 e. The van der Waals surface area contributed by atoms with Gasteiger partial charge in [-0.25, -0.2) is 9.59 Å². The lowest BCUT2D eigenvalue weighted by molar-refractivity contribution is -0.199. The Morgan fingerprint density at radius 3 is 2.32 bits per heavy atom. The minimum atomic E-state index is -1.14. The molecule has 11 nitrogen and oxygen atoms in total. The number of benzene rings is 1. The maximum absolute atomic E-state index is 13.5. The molecule has 0 radical (unpaired) electrons. The Bertz CT molecular complexity index is 1380. The van der Waals surface area contributed by atoms with E-state index in [-0.39, 0.29) is 43.4 Å². The van der Waals surface area contributed by atoms with Gasteiger partial charge in [-0.3, -0.25) is 4.79 Å². The van der Waals surface area contributed by atoms with Crippen LogP contribution < -0.4 is 10.1 Å². The molecule has 2 N–H and O–H groups in total. The molecular weight excluding hydrogens is 603 g/mol. The number of aliphatic hydroxyl groups excluding tert-OH is 1. The predicted octanol–water partition coefficient (Wildman–Crippen LogP) is 4.70. The Kier molecular flexibility index (Phi) is 9.49. The Balaban J connectivity index is 1.23. The number of likely N-dealkylation sites (tertiary alicyclic amines) is 1. The van der Waals surface area contributed by atoms with Crippen LogP contribution in [0, 0.1) is 24.2 Å². The van der Waals surface area contributed by atoms with E-state index in [0.717, 1.165) is 17.5 Å². The molecule has 5 fully saturated rings. The zero-order valence-corrected chi connectivity index (χ0v) is 29.7. The summed E-state index contributed by atoms with van der Waals surface area (Å²) in [7, 11) is -0.300. The highest BCUT2D eigenvalue weighted by Crippen LogP contribution is 2.65. The van der Waals surface area contributed by atoms with E-state index in [1.54, 1.807) is 26.8 Å². The number of amides is 2. The highest BCUT2D eigenvalue weighted by Gasteiger charge is 2.67. The summed E-state index contributed by atoms with van der Waals surface area (Å²) >= 11 is 0.